The van der Waals surface area contributed by atoms with Crippen molar-refractivity contribution in [1.29, 1.82) is 0 Å². The van der Waals surface area contributed by atoms with Crippen LogP contribution in [0.2, 0.25) is 0 Å². The Bertz CT molecular complexity index is 540. The first-order valence-corrected chi connectivity index (χ1v) is 9.05. The summed E-state index contributed by atoms with van der Waals surface area (Å²) in [4.78, 5) is 9.83. The molecule has 1 saturated heterocycles. The van der Waals surface area contributed by atoms with Crippen molar-refractivity contribution in [1.82, 2.24) is 15.1 Å². The van der Waals surface area contributed by atoms with E-state index in [1.165, 1.54) is 37.1 Å². The predicted octanol–water partition coefficient (Wildman–Crippen LogP) is 2.35. The molecule has 1 aromatic carbocycles. The number of hydrogen-bond donors (Lipinski definition) is 1. The number of benzene rings is 1. The lowest BCUT2D eigenvalue weighted by molar-refractivity contribution is 0.214. The minimum Gasteiger partial charge on any atom is -0.357 e. The van der Waals surface area contributed by atoms with E-state index < -0.39 is 0 Å². The molecular formula is C19H30N4. The summed E-state index contributed by atoms with van der Waals surface area (Å²) < 4.78 is 0. The molecule has 4 nitrogen and oxygen atoms in total. The van der Waals surface area contributed by atoms with Gasteiger partial charge in [-0.25, -0.2) is 0 Å². The third-order valence-corrected chi connectivity index (χ3v) is 4.99. The van der Waals surface area contributed by atoms with Gasteiger partial charge in [-0.1, -0.05) is 24.3 Å². The smallest absolute Gasteiger partial charge is 0.194 e. The summed E-state index contributed by atoms with van der Waals surface area (Å²) in [5.41, 5.74) is 2.94. The zero-order valence-corrected chi connectivity index (χ0v) is 14.6. The van der Waals surface area contributed by atoms with Crippen LogP contribution < -0.4 is 5.32 Å². The van der Waals surface area contributed by atoms with Crippen LogP contribution >= 0.6 is 0 Å². The highest BCUT2D eigenvalue weighted by Gasteiger charge is 2.20. The normalized spacial score (nSPS) is 22.8. The van der Waals surface area contributed by atoms with Gasteiger partial charge < -0.3 is 15.1 Å². The van der Waals surface area contributed by atoms with Crippen molar-refractivity contribution in [3.05, 3.63) is 35.4 Å². The van der Waals surface area contributed by atoms with E-state index >= 15 is 0 Å². The molecule has 126 valence electrons. The Morgan fingerprint density at radius 1 is 1.26 bits per heavy atom. The molecule has 2 heterocycles. The number of aliphatic imine (C=N–C) groups is 1. The fourth-order valence-electron chi connectivity index (χ4n) is 3.74. The average molecular weight is 314 g/mol. The summed E-state index contributed by atoms with van der Waals surface area (Å²) in [6.07, 6.45) is 3.74. The SMILES string of the molecule is CCNC(=NCC1CCCN(C)C1)N1CCc2ccccc2C1. The van der Waals surface area contributed by atoms with E-state index in [0.717, 1.165) is 38.6 Å². The van der Waals surface area contributed by atoms with Crippen molar-refractivity contribution in [3.8, 4) is 0 Å². The average Bonchev–Trinajstić information content (AvgIpc) is 2.58. The van der Waals surface area contributed by atoms with Crippen LogP contribution in [0.25, 0.3) is 0 Å². The zero-order valence-electron chi connectivity index (χ0n) is 14.6. The van der Waals surface area contributed by atoms with Crippen LogP contribution in [0.1, 0.15) is 30.9 Å². The first kappa shape index (κ1) is 16.3. The van der Waals surface area contributed by atoms with E-state index in [2.05, 4.69) is 53.4 Å². The van der Waals surface area contributed by atoms with Gasteiger partial charge in [-0.05, 0) is 56.8 Å². The molecule has 1 unspecified atom stereocenters. The molecule has 2 aliphatic rings. The summed E-state index contributed by atoms with van der Waals surface area (Å²) >= 11 is 0. The molecule has 0 aromatic heterocycles. The summed E-state index contributed by atoms with van der Waals surface area (Å²) in [5, 5.41) is 3.50. The highest BCUT2D eigenvalue weighted by molar-refractivity contribution is 5.80. The second kappa shape index (κ2) is 7.82. The summed E-state index contributed by atoms with van der Waals surface area (Å²) in [6.45, 7) is 8.50. The van der Waals surface area contributed by atoms with Gasteiger partial charge in [0.05, 0.1) is 0 Å². The molecule has 3 rings (SSSR count). The first-order chi connectivity index (χ1) is 11.3. The largest absolute Gasteiger partial charge is 0.357 e. The van der Waals surface area contributed by atoms with Gasteiger partial charge in [-0.2, -0.15) is 0 Å². The lowest BCUT2D eigenvalue weighted by Gasteiger charge is -2.33. The molecule has 0 radical (unpaired) electrons. The van der Waals surface area contributed by atoms with Gasteiger partial charge in [0.25, 0.3) is 0 Å². The quantitative estimate of drug-likeness (QED) is 0.686. The van der Waals surface area contributed by atoms with Gasteiger partial charge in [-0.15, -0.1) is 0 Å². The van der Waals surface area contributed by atoms with E-state index in [9.17, 15) is 0 Å². The fraction of sp³-hybridized carbons (Fsp3) is 0.632. The predicted molar refractivity (Wildman–Crippen MR) is 96.8 cm³/mol. The molecule has 23 heavy (non-hydrogen) atoms. The Balaban J connectivity index is 1.65. The molecule has 4 heteroatoms. The minimum absolute atomic E-state index is 0.708. The third-order valence-electron chi connectivity index (χ3n) is 4.99. The van der Waals surface area contributed by atoms with Crippen molar-refractivity contribution in [2.75, 3.05) is 39.8 Å². The minimum atomic E-state index is 0.708. The Morgan fingerprint density at radius 3 is 2.87 bits per heavy atom. The van der Waals surface area contributed by atoms with Crippen LogP contribution in [0.15, 0.2) is 29.3 Å². The Kier molecular flexibility index (Phi) is 5.55. The molecule has 2 aliphatic heterocycles. The topological polar surface area (TPSA) is 30.9 Å². The molecule has 0 saturated carbocycles. The molecule has 1 aromatic rings. The number of nitrogens with one attached hydrogen (secondary N) is 1. The molecular weight excluding hydrogens is 284 g/mol. The number of piperidine rings is 1. The molecule has 0 spiro atoms. The zero-order chi connectivity index (χ0) is 16.1. The van der Waals surface area contributed by atoms with Crippen LogP contribution in [-0.4, -0.2) is 55.5 Å². The van der Waals surface area contributed by atoms with Crippen LogP contribution in [-0.2, 0) is 13.0 Å². The number of likely N-dealkylation sites (tertiary alicyclic amines) is 1. The van der Waals surface area contributed by atoms with Crippen LogP contribution in [0.3, 0.4) is 0 Å². The van der Waals surface area contributed by atoms with Crippen LogP contribution in [0.4, 0.5) is 0 Å². The summed E-state index contributed by atoms with van der Waals surface area (Å²) in [6, 6.07) is 8.80. The Labute approximate surface area is 140 Å². The monoisotopic (exact) mass is 314 g/mol. The summed E-state index contributed by atoms with van der Waals surface area (Å²) in [7, 11) is 2.22. The van der Waals surface area contributed by atoms with Gasteiger partial charge >= 0.3 is 0 Å². The van der Waals surface area contributed by atoms with Crippen molar-refractivity contribution < 1.29 is 0 Å². The highest BCUT2D eigenvalue weighted by Crippen LogP contribution is 2.19. The van der Waals surface area contributed by atoms with E-state index in [0.29, 0.717) is 5.92 Å². The molecule has 1 fully saturated rings. The standard InChI is InChI=1S/C19H30N4/c1-3-20-19(21-13-16-7-6-11-22(2)14-16)23-12-10-17-8-4-5-9-18(17)15-23/h4-5,8-9,16H,3,6-7,10-15H2,1-2H3,(H,20,21). The molecule has 1 N–H and O–H groups in total. The molecule has 0 amide bonds. The molecule has 1 atom stereocenters. The maximum Gasteiger partial charge on any atom is 0.194 e. The van der Waals surface area contributed by atoms with E-state index in [-0.39, 0.29) is 0 Å². The van der Waals surface area contributed by atoms with E-state index in [4.69, 9.17) is 4.99 Å². The highest BCUT2D eigenvalue weighted by atomic mass is 15.3. The number of nitrogens with zero attached hydrogens (tertiary/aromatic N) is 3. The Hall–Kier alpha value is -1.55. The van der Waals surface area contributed by atoms with Gasteiger partial charge in [0.2, 0.25) is 0 Å². The first-order valence-electron chi connectivity index (χ1n) is 9.05. The molecule has 0 aliphatic carbocycles. The lowest BCUT2D eigenvalue weighted by Crippen LogP contribution is -2.44. The molecule has 0 bridgehead atoms. The van der Waals surface area contributed by atoms with Crippen molar-refractivity contribution in [2.45, 2.75) is 32.7 Å². The maximum absolute atomic E-state index is 4.97. The second-order valence-corrected chi connectivity index (χ2v) is 6.91. The van der Waals surface area contributed by atoms with E-state index in [1.54, 1.807) is 0 Å². The lowest BCUT2D eigenvalue weighted by atomic mass is 9.99. The van der Waals surface area contributed by atoms with Crippen LogP contribution in [0.5, 0.6) is 0 Å². The fourth-order valence-corrected chi connectivity index (χ4v) is 3.74. The number of hydrogen-bond acceptors (Lipinski definition) is 2. The van der Waals surface area contributed by atoms with Gasteiger partial charge in [0.15, 0.2) is 5.96 Å². The summed E-state index contributed by atoms with van der Waals surface area (Å²) in [5.74, 6) is 1.80. The van der Waals surface area contributed by atoms with E-state index in [1.807, 2.05) is 0 Å². The van der Waals surface area contributed by atoms with Gasteiger partial charge in [0, 0.05) is 32.7 Å². The van der Waals surface area contributed by atoms with Crippen molar-refractivity contribution in [3.63, 3.8) is 0 Å². The number of fused-ring (bicyclic) bond motifs is 1. The van der Waals surface area contributed by atoms with Gasteiger partial charge in [0.1, 0.15) is 0 Å². The van der Waals surface area contributed by atoms with Crippen molar-refractivity contribution >= 4 is 5.96 Å². The Morgan fingerprint density at radius 2 is 2.09 bits per heavy atom. The maximum atomic E-state index is 4.97. The number of rotatable bonds is 3. The van der Waals surface area contributed by atoms with Crippen molar-refractivity contribution in [2.24, 2.45) is 10.9 Å². The van der Waals surface area contributed by atoms with Crippen LogP contribution in [0, 0.1) is 5.92 Å². The third kappa shape index (κ3) is 4.25. The second-order valence-electron chi connectivity index (χ2n) is 6.91. The van der Waals surface area contributed by atoms with Gasteiger partial charge in [-0.3, -0.25) is 4.99 Å². The number of guanidine groups is 1.